The molecule has 23 heavy (non-hydrogen) atoms. The predicted molar refractivity (Wildman–Crippen MR) is 87.8 cm³/mol. The summed E-state index contributed by atoms with van der Waals surface area (Å²) in [4.78, 5) is 14.2. The van der Waals surface area contributed by atoms with Crippen molar-refractivity contribution in [3.63, 3.8) is 0 Å². The molecule has 1 aromatic rings. The summed E-state index contributed by atoms with van der Waals surface area (Å²) in [6.07, 6.45) is 0. The smallest absolute Gasteiger partial charge is 0.242 e. The van der Waals surface area contributed by atoms with E-state index in [-0.39, 0.29) is 21.7 Å². The lowest BCUT2D eigenvalue weighted by Gasteiger charge is -2.32. The van der Waals surface area contributed by atoms with E-state index in [1.54, 1.807) is 30.9 Å². The number of amides is 1. The maximum atomic E-state index is 12.6. The summed E-state index contributed by atoms with van der Waals surface area (Å²) in [5, 5.41) is 0.126. The first-order valence-electron chi connectivity index (χ1n) is 7.46. The van der Waals surface area contributed by atoms with Crippen LogP contribution in [-0.4, -0.2) is 51.6 Å². The molecule has 0 bridgehead atoms. The van der Waals surface area contributed by atoms with Crippen molar-refractivity contribution in [3.8, 4) is 0 Å². The molecule has 0 saturated carbocycles. The third kappa shape index (κ3) is 4.44. The molecule has 1 fully saturated rings. The maximum absolute atomic E-state index is 12.6. The van der Waals surface area contributed by atoms with Gasteiger partial charge < -0.3 is 9.64 Å². The molecule has 1 amide bonds. The number of carbonyl (C=O) groups excluding carboxylic acids is 1. The fourth-order valence-corrected chi connectivity index (χ4v) is 4.20. The zero-order valence-electron chi connectivity index (χ0n) is 13.2. The molecule has 1 N–H and O–H groups in total. The molecule has 128 valence electrons. The monoisotopic (exact) mass is 360 g/mol. The Balaban J connectivity index is 2.22. The SMILES string of the molecule is CC(C)[C@H](NS(=O)(=O)c1ccccc1Cl)C(=O)N1CCOCC1. The number of nitrogens with one attached hydrogen (secondary N) is 1. The van der Waals surface area contributed by atoms with Crippen LogP contribution in [0.3, 0.4) is 0 Å². The summed E-state index contributed by atoms with van der Waals surface area (Å²) in [7, 11) is -3.88. The highest BCUT2D eigenvalue weighted by molar-refractivity contribution is 7.89. The van der Waals surface area contributed by atoms with Crippen molar-refractivity contribution in [1.82, 2.24) is 9.62 Å². The molecule has 1 heterocycles. The van der Waals surface area contributed by atoms with Gasteiger partial charge in [-0.25, -0.2) is 8.42 Å². The lowest BCUT2D eigenvalue weighted by atomic mass is 10.0. The highest BCUT2D eigenvalue weighted by Gasteiger charge is 2.32. The summed E-state index contributed by atoms with van der Waals surface area (Å²) in [6, 6.07) is 5.33. The summed E-state index contributed by atoms with van der Waals surface area (Å²) in [5.74, 6) is -0.429. The van der Waals surface area contributed by atoms with Gasteiger partial charge in [-0.3, -0.25) is 4.79 Å². The summed E-state index contributed by atoms with van der Waals surface area (Å²) < 4.78 is 32.9. The van der Waals surface area contributed by atoms with E-state index in [4.69, 9.17) is 16.3 Å². The lowest BCUT2D eigenvalue weighted by Crippen LogP contribution is -2.53. The molecule has 0 radical (unpaired) electrons. The van der Waals surface area contributed by atoms with E-state index < -0.39 is 16.1 Å². The number of halogens is 1. The molecule has 1 atom stereocenters. The van der Waals surface area contributed by atoms with Crippen molar-refractivity contribution in [2.75, 3.05) is 26.3 Å². The van der Waals surface area contributed by atoms with E-state index in [0.29, 0.717) is 26.3 Å². The van der Waals surface area contributed by atoms with E-state index in [0.717, 1.165) is 0 Å². The molecule has 1 aromatic carbocycles. The van der Waals surface area contributed by atoms with Crippen LogP contribution in [0.25, 0.3) is 0 Å². The number of nitrogens with zero attached hydrogens (tertiary/aromatic N) is 1. The van der Waals surface area contributed by atoms with Crippen molar-refractivity contribution < 1.29 is 17.9 Å². The predicted octanol–water partition coefficient (Wildman–Crippen LogP) is 1.50. The van der Waals surface area contributed by atoms with Crippen LogP contribution in [-0.2, 0) is 19.6 Å². The minimum absolute atomic E-state index is 0.0258. The molecule has 2 rings (SSSR count). The number of sulfonamides is 1. The average Bonchev–Trinajstić information content (AvgIpc) is 2.53. The van der Waals surface area contributed by atoms with Gasteiger partial charge >= 0.3 is 0 Å². The molecule has 8 heteroatoms. The van der Waals surface area contributed by atoms with Crippen LogP contribution < -0.4 is 4.72 Å². The molecule has 1 aliphatic rings. The number of hydrogen-bond donors (Lipinski definition) is 1. The van der Waals surface area contributed by atoms with Gasteiger partial charge in [0.05, 0.1) is 18.2 Å². The normalized spacial score (nSPS) is 17.3. The Morgan fingerprint density at radius 3 is 2.43 bits per heavy atom. The second-order valence-electron chi connectivity index (χ2n) is 5.71. The standard InChI is InChI=1S/C15H21ClN2O4S/c1-11(2)14(15(19)18-7-9-22-10-8-18)17-23(20,21)13-6-4-3-5-12(13)16/h3-6,11,14,17H,7-10H2,1-2H3/t14-/m0/s1. The summed E-state index contributed by atoms with van der Waals surface area (Å²) >= 11 is 5.97. The second-order valence-corrected chi connectivity index (χ2v) is 7.80. The van der Waals surface area contributed by atoms with Crippen LogP contribution >= 0.6 is 11.6 Å². The van der Waals surface area contributed by atoms with Crippen LogP contribution in [0.5, 0.6) is 0 Å². The van der Waals surface area contributed by atoms with Gasteiger partial charge in [0.25, 0.3) is 0 Å². The zero-order chi connectivity index (χ0) is 17.0. The number of rotatable bonds is 5. The first kappa shape index (κ1) is 18.2. The number of benzene rings is 1. The summed E-state index contributed by atoms with van der Waals surface area (Å²) in [5.41, 5.74) is 0. The second kappa shape index (κ2) is 7.61. The van der Waals surface area contributed by atoms with Crippen LogP contribution in [0.15, 0.2) is 29.2 Å². The first-order valence-corrected chi connectivity index (χ1v) is 9.32. The van der Waals surface area contributed by atoms with Gasteiger partial charge in [0.2, 0.25) is 15.9 Å². The third-order valence-corrected chi connectivity index (χ3v) is 5.60. The Labute approximate surface area is 141 Å². The Kier molecular flexibility index (Phi) is 6.02. The molecular weight excluding hydrogens is 340 g/mol. The van der Waals surface area contributed by atoms with Crippen LogP contribution in [0.4, 0.5) is 0 Å². The fraction of sp³-hybridized carbons (Fsp3) is 0.533. The number of carbonyl (C=O) groups is 1. The van der Waals surface area contributed by atoms with Crippen LogP contribution in [0.2, 0.25) is 5.02 Å². The average molecular weight is 361 g/mol. The van der Waals surface area contributed by atoms with Crippen molar-refractivity contribution in [1.29, 1.82) is 0 Å². The molecule has 6 nitrogen and oxygen atoms in total. The number of hydrogen-bond acceptors (Lipinski definition) is 4. The van der Waals surface area contributed by atoms with Crippen molar-refractivity contribution in [2.45, 2.75) is 24.8 Å². The molecule has 0 aliphatic carbocycles. The highest BCUT2D eigenvalue weighted by Crippen LogP contribution is 2.21. The van der Waals surface area contributed by atoms with E-state index in [9.17, 15) is 13.2 Å². The van der Waals surface area contributed by atoms with Gasteiger partial charge in [-0.05, 0) is 18.1 Å². The molecule has 0 spiro atoms. The Morgan fingerprint density at radius 1 is 1.26 bits per heavy atom. The van der Waals surface area contributed by atoms with Gasteiger partial charge in [0.1, 0.15) is 10.9 Å². The Morgan fingerprint density at radius 2 is 1.87 bits per heavy atom. The molecule has 0 unspecified atom stereocenters. The van der Waals surface area contributed by atoms with Crippen LogP contribution in [0.1, 0.15) is 13.8 Å². The van der Waals surface area contributed by atoms with Gasteiger partial charge in [-0.2, -0.15) is 4.72 Å². The lowest BCUT2D eigenvalue weighted by molar-refractivity contribution is -0.138. The molecule has 0 aromatic heterocycles. The first-order chi connectivity index (χ1) is 10.8. The Bertz CT molecular complexity index is 657. The Hall–Kier alpha value is -1.15. The van der Waals surface area contributed by atoms with E-state index in [2.05, 4.69) is 4.72 Å². The van der Waals surface area contributed by atoms with Crippen molar-refractivity contribution >= 4 is 27.5 Å². The molecular formula is C15H21ClN2O4S. The van der Waals surface area contributed by atoms with Crippen molar-refractivity contribution in [2.24, 2.45) is 5.92 Å². The molecule has 1 aliphatic heterocycles. The quantitative estimate of drug-likeness (QED) is 0.863. The van der Waals surface area contributed by atoms with Crippen molar-refractivity contribution in [3.05, 3.63) is 29.3 Å². The topological polar surface area (TPSA) is 75.7 Å². The zero-order valence-corrected chi connectivity index (χ0v) is 14.7. The summed E-state index contributed by atoms with van der Waals surface area (Å²) in [6.45, 7) is 5.48. The van der Waals surface area contributed by atoms with Gasteiger partial charge in [-0.15, -0.1) is 0 Å². The third-order valence-electron chi connectivity index (χ3n) is 3.66. The fourth-order valence-electron chi connectivity index (χ4n) is 2.35. The van der Waals surface area contributed by atoms with Gasteiger partial charge in [-0.1, -0.05) is 37.6 Å². The minimum atomic E-state index is -3.88. The van der Waals surface area contributed by atoms with Gasteiger partial charge in [0, 0.05) is 13.1 Å². The number of ether oxygens (including phenoxy) is 1. The largest absolute Gasteiger partial charge is 0.378 e. The molecule has 1 saturated heterocycles. The maximum Gasteiger partial charge on any atom is 0.242 e. The van der Waals surface area contributed by atoms with E-state index in [1.165, 1.54) is 12.1 Å². The van der Waals surface area contributed by atoms with Crippen LogP contribution in [0, 0.1) is 5.92 Å². The van der Waals surface area contributed by atoms with E-state index in [1.807, 2.05) is 0 Å². The van der Waals surface area contributed by atoms with Gasteiger partial charge in [0.15, 0.2) is 0 Å². The highest BCUT2D eigenvalue weighted by atomic mass is 35.5. The minimum Gasteiger partial charge on any atom is -0.378 e. The van der Waals surface area contributed by atoms with E-state index >= 15 is 0 Å². The number of morpholine rings is 1.